The third-order valence-electron chi connectivity index (χ3n) is 10.0. The Labute approximate surface area is 267 Å². The molecule has 0 saturated heterocycles. The third-order valence-corrected chi connectivity index (χ3v) is 10.0. The Kier molecular flexibility index (Phi) is 5.24. The summed E-state index contributed by atoms with van der Waals surface area (Å²) in [6.45, 7) is 0. The van der Waals surface area contributed by atoms with E-state index in [0.717, 1.165) is 16.9 Å². The first kappa shape index (κ1) is 25.3. The molecule has 0 radical (unpaired) electrons. The predicted molar refractivity (Wildman–Crippen MR) is 188 cm³/mol. The molecule has 214 valence electrons. The molecule has 8 aromatic rings. The molecule has 0 fully saturated rings. The van der Waals surface area contributed by atoms with Crippen LogP contribution in [0.2, 0.25) is 0 Å². The van der Waals surface area contributed by atoms with Gasteiger partial charge in [0.05, 0.1) is 22.1 Å². The number of nitrogens with zero attached hydrogens (tertiary/aromatic N) is 2. The van der Waals surface area contributed by atoms with Gasteiger partial charge in [-0.2, -0.15) is 0 Å². The fourth-order valence-corrected chi connectivity index (χ4v) is 8.10. The summed E-state index contributed by atoms with van der Waals surface area (Å²) < 4.78 is 2.40. The van der Waals surface area contributed by atoms with E-state index in [2.05, 4.69) is 174 Å². The molecule has 1 spiro atoms. The molecule has 0 saturated carbocycles. The largest absolute Gasteiger partial charge is 0.292 e. The second kappa shape index (κ2) is 9.50. The summed E-state index contributed by atoms with van der Waals surface area (Å²) >= 11 is 0. The summed E-state index contributed by atoms with van der Waals surface area (Å²) in [6, 6.07) is 61.9. The Morgan fingerprint density at radius 1 is 0.391 bits per heavy atom. The number of benzene rings is 7. The van der Waals surface area contributed by atoms with E-state index in [4.69, 9.17) is 4.98 Å². The molecule has 7 aromatic carbocycles. The van der Waals surface area contributed by atoms with Crippen molar-refractivity contribution in [3.63, 3.8) is 0 Å². The van der Waals surface area contributed by atoms with Crippen LogP contribution in [-0.2, 0) is 5.41 Å². The van der Waals surface area contributed by atoms with E-state index < -0.39 is 5.41 Å². The van der Waals surface area contributed by atoms with Crippen molar-refractivity contribution in [1.29, 1.82) is 0 Å². The first-order valence-corrected chi connectivity index (χ1v) is 15.9. The average Bonchev–Trinajstić information content (AvgIpc) is 3.67. The maximum absolute atomic E-state index is 5.28. The smallest absolute Gasteiger partial charge is 0.145 e. The molecule has 1 aromatic heterocycles. The minimum absolute atomic E-state index is 0.480. The second-order valence-corrected chi connectivity index (χ2v) is 12.3. The van der Waals surface area contributed by atoms with Crippen LogP contribution in [0.5, 0.6) is 0 Å². The van der Waals surface area contributed by atoms with Crippen LogP contribution in [0, 0.1) is 0 Å². The van der Waals surface area contributed by atoms with Gasteiger partial charge in [0.25, 0.3) is 0 Å². The van der Waals surface area contributed by atoms with Crippen molar-refractivity contribution in [3.05, 3.63) is 192 Å². The number of para-hydroxylation sites is 2. The summed E-state index contributed by atoms with van der Waals surface area (Å²) in [7, 11) is 0. The Morgan fingerprint density at radius 3 is 1.74 bits per heavy atom. The Balaban J connectivity index is 1.26. The molecule has 1 unspecified atom stereocenters. The van der Waals surface area contributed by atoms with Crippen LogP contribution < -0.4 is 0 Å². The van der Waals surface area contributed by atoms with Gasteiger partial charge in [-0.25, -0.2) is 4.98 Å². The van der Waals surface area contributed by atoms with Crippen molar-refractivity contribution >= 4 is 11.0 Å². The van der Waals surface area contributed by atoms with Gasteiger partial charge < -0.3 is 0 Å². The molecular weight excluding hydrogens is 556 g/mol. The zero-order valence-corrected chi connectivity index (χ0v) is 25.1. The van der Waals surface area contributed by atoms with Crippen LogP contribution in [-0.4, -0.2) is 9.55 Å². The number of imidazole rings is 1. The lowest BCUT2D eigenvalue weighted by molar-refractivity contribution is 0.746. The Hall–Kier alpha value is -5.99. The SMILES string of the molecule is c1ccc(-c2ccc(-c3ccc4c(c3)C3(c5ccccc5-4)c4ccccc4-n4c(-c5ccccc5)nc5cccc3c54)cc2)cc1. The Morgan fingerprint density at radius 2 is 0.957 bits per heavy atom. The van der Waals surface area contributed by atoms with Crippen molar-refractivity contribution in [2.75, 3.05) is 0 Å². The van der Waals surface area contributed by atoms with E-state index in [1.165, 1.54) is 66.8 Å². The van der Waals surface area contributed by atoms with E-state index in [1.54, 1.807) is 0 Å². The highest BCUT2D eigenvalue weighted by Gasteiger charge is 2.51. The monoisotopic (exact) mass is 584 g/mol. The fraction of sp³-hybridized carbons (Fsp3) is 0.0227. The molecule has 0 amide bonds. The van der Waals surface area contributed by atoms with Crippen molar-refractivity contribution in [2.24, 2.45) is 0 Å². The summed E-state index contributed by atoms with van der Waals surface area (Å²) in [6.07, 6.45) is 0. The van der Waals surface area contributed by atoms with Gasteiger partial charge in [-0.15, -0.1) is 0 Å². The van der Waals surface area contributed by atoms with E-state index in [9.17, 15) is 0 Å². The number of hydrogen-bond acceptors (Lipinski definition) is 1. The van der Waals surface area contributed by atoms with Gasteiger partial charge >= 0.3 is 0 Å². The fourth-order valence-electron chi connectivity index (χ4n) is 8.10. The van der Waals surface area contributed by atoms with E-state index >= 15 is 0 Å². The highest BCUT2D eigenvalue weighted by molar-refractivity contribution is 5.98. The van der Waals surface area contributed by atoms with Crippen LogP contribution in [0.1, 0.15) is 22.3 Å². The number of fused-ring (bicyclic) bond motifs is 9. The van der Waals surface area contributed by atoms with Crippen LogP contribution in [0.25, 0.3) is 61.5 Å². The summed E-state index contributed by atoms with van der Waals surface area (Å²) in [5.74, 6) is 0.976. The van der Waals surface area contributed by atoms with Crippen LogP contribution in [0.3, 0.4) is 0 Å². The van der Waals surface area contributed by atoms with Crippen LogP contribution >= 0.6 is 0 Å². The minimum Gasteiger partial charge on any atom is -0.292 e. The molecule has 0 bridgehead atoms. The third kappa shape index (κ3) is 3.33. The highest BCUT2D eigenvalue weighted by Crippen LogP contribution is 2.61. The highest BCUT2D eigenvalue weighted by atomic mass is 15.1. The second-order valence-electron chi connectivity index (χ2n) is 12.3. The molecular formula is C44H28N2. The van der Waals surface area contributed by atoms with Crippen LogP contribution in [0.15, 0.2) is 170 Å². The summed E-state index contributed by atoms with van der Waals surface area (Å²) in [5, 5.41) is 0. The normalized spacial score (nSPS) is 15.5. The van der Waals surface area contributed by atoms with Crippen molar-refractivity contribution in [3.8, 4) is 50.5 Å². The molecule has 1 aliphatic carbocycles. The Bertz CT molecular complexity index is 2450. The first-order valence-electron chi connectivity index (χ1n) is 15.9. The minimum atomic E-state index is -0.480. The molecule has 2 heteroatoms. The lowest BCUT2D eigenvalue weighted by Crippen LogP contribution is -2.33. The lowest BCUT2D eigenvalue weighted by atomic mass is 9.65. The standard InChI is InChI=1S/C44H28N2/c1-3-12-29(13-4-1)30-22-24-31(25-23-30)33-26-27-35-34-16-7-8-17-36(34)44(39(35)28-33)37-18-9-10-21-41(37)46-42-38(44)19-11-20-40(42)45-43(46)32-14-5-2-6-15-32/h1-28H. The molecule has 0 N–H and O–H groups in total. The molecule has 1 atom stereocenters. The van der Waals surface area contributed by atoms with E-state index in [-0.39, 0.29) is 0 Å². The molecule has 2 heterocycles. The maximum Gasteiger partial charge on any atom is 0.145 e. The molecule has 10 rings (SSSR count). The zero-order valence-electron chi connectivity index (χ0n) is 25.1. The van der Waals surface area contributed by atoms with Gasteiger partial charge in [-0.05, 0) is 73.8 Å². The number of rotatable bonds is 3. The average molecular weight is 585 g/mol. The predicted octanol–water partition coefficient (Wildman–Crippen LogP) is 10.7. The quantitative estimate of drug-likeness (QED) is 0.202. The maximum atomic E-state index is 5.28. The van der Waals surface area contributed by atoms with Gasteiger partial charge in [0.1, 0.15) is 5.82 Å². The summed E-state index contributed by atoms with van der Waals surface area (Å²) in [4.78, 5) is 5.28. The molecule has 46 heavy (non-hydrogen) atoms. The van der Waals surface area contributed by atoms with Gasteiger partial charge in [-0.1, -0.05) is 152 Å². The molecule has 2 nitrogen and oxygen atoms in total. The van der Waals surface area contributed by atoms with Gasteiger partial charge in [0, 0.05) is 5.56 Å². The first-order chi connectivity index (χ1) is 22.8. The van der Waals surface area contributed by atoms with E-state index in [1.807, 2.05) is 0 Å². The lowest BCUT2D eigenvalue weighted by Gasteiger charge is -2.39. The van der Waals surface area contributed by atoms with Crippen molar-refractivity contribution < 1.29 is 0 Å². The van der Waals surface area contributed by atoms with Crippen molar-refractivity contribution in [1.82, 2.24) is 9.55 Å². The molecule has 2 aliphatic rings. The van der Waals surface area contributed by atoms with Gasteiger partial charge in [0.2, 0.25) is 0 Å². The van der Waals surface area contributed by atoms with Crippen LogP contribution in [0.4, 0.5) is 0 Å². The molecule has 1 aliphatic heterocycles. The van der Waals surface area contributed by atoms with E-state index in [0.29, 0.717) is 0 Å². The summed E-state index contributed by atoms with van der Waals surface area (Å²) in [5.41, 5.74) is 16.7. The number of hydrogen-bond donors (Lipinski definition) is 0. The van der Waals surface area contributed by atoms with Gasteiger partial charge in [0.15, 0.2) is 0 Å². The van der Waals surface area contributed by atoms with Gasteiger partial charge in [-0.3, -0.25) is 4.57 Å². The number of aromatic nitrogens is 2. The van der Waals surface area contributed by atoms with Crippen molar-refractivity contribution in [2.45, 2.75) is 5.41 Å². The zero-order chi connectivity index (χ0) is 30.2. The topological polar surface area (TPSA) is 17.8 Å².